The molecule has 0 aromatic heterocycles. The molecule has 10 heteroatoms. The monoisotopic (exact) mass is 679 g/mol. The van der Waals surface area contributed by atoms with Gasteiger partial charge in [-0.2, -0.15) is 0 Å². The molecule has 0 aliphatic carbocycles. The summed E-state index contributed by atoms with van der Waals surface area (Å²) in [5, 5.41) is 3.84. The van der Waals surface area contributed by atoms with Crippen molar-refractivity contribution in [2.75, 3.05) is 10.8 Å². The Bertz CT molecular complexity index is 1770. The second-order valence-corrected chi connectivity index (χ2v) is 14.2. The molecular weight excluding hydrogens is 641 g/mol. The van der Waals surface area contributed by atoms with Gasteiger partial charge in [0.25, 0.3) is 10.0 Å². The average Bonchev–Trinajstić information content (AvgIpc) is 3.03. The van der Waals surface area contributed by atoms with Crippen LogP contribution >= 0.6 is 23.2 Å². The lowest BCUT2D eigenvalue weighted by Crippen LogP contribution is -2.54. The number of halogens is 2. The summed E-state index contributed by atoms with van der Waals surface area (Å²) in [6, 6.07) is 26.8. The summed E-state index contributed by atoms with van der Waals surface area (Å²) in [6.07, 6.45) is 0.916. The highest BCUT2D eigenvalue weighted by Crippen LogP contribution is 2.30. The van der Waals surface area contributed by atoms with Gasteiger partial charge in [-0.1, -0.05) is 96.4 Å². The molecule has 4 aromatic carbocycles. The number of rotatable bonds is 13. The summed E-state index contributed by atoms with van der Waals surface area (Å²) in [7, 11) is -4.24. The first-order chi connectivity index (χ1) is 21.9. The maximum Gasteiger partial charge on any atom is 0.264 e. The van der Waals surface area contributed by atoms with Crippen molar-refractivity contribution < 1.29 is 18.0 Å². The van der Waals surface area contributed by atoms with Gasteiger partial charge in [0.2, 0.25) is 11.8 Å². The van der Waals surface area contributed by atoms with Crippen LogP contribution in [0.25, 0.3) is 0 Å². The van der Waals surface area contributed by atoms with Crippen LogP contribution < -0.4 is 9.62 Å². The standard InChI is InChI=1S/C36H39Cl2N3O4S/c1-5-27(4)39-36(43)34(21-28-10-7-6-8-11-28)40(23-29-12-9-13-30(37)20-29)35(42)24-41(33-22-31(38)17-16-26(33)3)46(44,45)32-18-14-25(2)15-19-32/h6-20,22,27,34H,5,21,23-24H2,1-4H3,(H,39,43)/t27-,34-/m1/s1. The predicted molar refractivity (Wildman–Crippen MR) is 186 cm³/mol. The summed E-state index contributed by atoms with van der Waals surface area (Å²) in [4.78, 5) is 30.0. The number of carbonyl (C=O) groups is 2. The predicted octanol–water partition coefficient (Wildman–Crippen LogP) is 7.36. The highest BCUT2D eigenvalue weighted by atomic mass is 35.5. The van der Waals surface area contributed by atoms with Crippen LogP contribution in [0.5, 0.6) is 0 Å². The van der Waals surface area contributed by atoms with Crippen LogP contribution in [0.1, 0.15) is 42.5 Å². The molecule has 0 fully saturated rings. The van der Waals surface area contributed by atoms with E-state index in [9.17, 15) is 18.0 Å². The maximum atomic E-state index is 14.6. The van der Waals surface area contributed by atoms with Gasteiger partial charge in [0.1, 0.15) is 12.6 Å². The lowest BCUT2D eigenvalue weighted by Gasteiger charge is -2.34. The Labute approximate surface area is 282 Å². The first kappa shape index (κ1) is 35.0. The van der Waals surface area contributed by atoms with Crippen LogP contribution in [0.15, 0.2) is 102 Å². The molecule has 0 unspecified atom stereocenters. The number of anilines is 1. The van der Waals surface area contributed by atoms with E-state index in [4.69, 9.17) is 23.2 Å². The van der Waals surface area contributed by atoms with E-state index in [0.717, 1.165) is 15.4 Å². The van der Waals surface area contributed by atoms with Crippen LogP contribution in [0.2, 0.25) is 10.0 Å². The van der Waals surface area contributed by atoms with E-state index >= 15 is 0 Å². The SMILES string of the molecule is CC[C@@H](C)NC(=O)[C@@H](Cc1ccccc1)N(Cc1cccc(Cl)c1)C(=O)CN(c1cc(Cl)ccc1C)S(=O)(=O)c1ccc(C)cc1. The largest absolute Gasteiger partial charge is 0.352 e. The number of sulfonamides is 1. The fraction of sp³-hybridized carbons (Fsp3) is 0.278. The lowest BCUT2D eigenvalue weighted by atomic mass is 10.0. The van der Waals surface area contributed by atoms with Gasteiger partial charge < -0.3 is 10.2 Å². The molecule has 4 rings (SSSR count). The fourth-order valence-electron chi connectivity index (χ4n) is 5.03. The van der Waals surface area contributed by atoms with E-state index in [-0.39, 0.29) is 35.5 Å². The Morgan fingerprint density at radius 3 is 2.13 bits per heavy atom. The van der Waals surface area contributed by atoms with Crippen molar-refractivity contribution >= 4 is 50.7 Å². The maximum absolute atomic E-state index is 14.6. The second kappa shape index (κ2) is 15.6. The number of hydrogen-bond donors (Lipinski definition) is 1. The molecule has 0 saturated carbocycles. The van der Waals surface area contributed by atoms with E-state index in [2.05, 4.69) is 5.32 Å². The van der Waals surface area contributed by atoms with Gasteiger partial charge in [0, 0.05) is 29.1 Å². The normalized spacial score (nSPS) is 12.7. The number of nitrogens with one attached hydrogen (secondary N) is 1. The van der Waals surface area contributed by atoms with Crippen molar-refractivity contribution in [3.05, 3.63) is 129 Å². The summed E-state index contributed by atoms with van der Waals surface area (Å²) in [5.74, 6) is -0.893. The summed E-state index contributed by atoms with van der Waals surface area (Å²) < 4.78 is 29.6. The van der Waals surface area contributed by atoms with Gasteiger partial charge in [-0.15, -0.1) is 0 Å². The number of carbonyl (C=O) groups excluding carboxylic acids is 2. The molecule has 0 aliphatic rings. The number of aryl methyl sites for hydroxylation is 2. The van der Waals surface area contributed by atoms with Gasteiger partial charge in [0.15, 0.2) is 0 Å². The third kappa shape index (κ3) is 8.90. The molecule has 1 N–H and O–H groups in total. The number of hydrogen-bond acceptors (Lipinski definition) is 4. The third-order valence-electron chi connectivity index (χ3n) is 7.84. The minimum absolute atomic E-state index is 0.0256. The molecule has 2 atom stereocenters. The zero-order valence-electron chi connectivity index (χ0n) is 26.4. The van der Waals surface area contributed by atoms with Crippen LogP contribution in [-0.4, -0.2) is 43.8 Å². The van der Waals surface area contributed by atoms with Gasteiger partial charge in [-0.3, -0.25) is 13.9 Å². The first-order valence-electron chi connectivity index (χ1n) is 15.1. The minimum Gasteiger partial charge on any atom is -0.352 e. The molecule has 0 saturated heterocycles. The van der Waals surface area contributed by atoms with Gasteiger partial charge in [-0.25, -0.2) is 8.42 Å². The van der Waals surface area contributed by atoms with Gasteiger partial charge >= 0.3 is 0 Å². The first-order valence-corrected chi connectivity index (χ1v) is 17.3. The van der Waals surface area contributed by atoms with Crippen LogP contribution in [0.4, 0.5) is 5.69 Å². The van der Waals surface area contributed by atoms with Crippen molar-refractivity contribution in [2.24, 2.45) is 0 Å². The molecule has 0 bridgehead atoms. The molecule has 0 aliphatic heterocycles. The highest BCUT2D eigenvalue weighted by Gasteiger charge is 2.35. The number of benzene rings is 4. The molecule has 4 aromatic rings. The van der Waals surface area contributed by atoms with Crippen molar-refractivity contribution in [1.82, 2.24) is 10.2 Å². The number of nitrogens with zero attached hydrogens (tertiary/aromatic N) is 2. The molecule has 0 radical (unpaired) electrons. The van der Waals surface area contributed by atoms with E-state index in [0.29, 0.717) is 27.6 Å². The minimum atomic E-state index is -4.24. The Balaban J connectivity index is 1.84. The van der Waals surface area contributed by atoms with Gasteiger partial charge in [0.05, 0.1) is 10.6 Å². The molecule has 2 amide bonds. The molecule has 242 valence electrons. The van der Waals surface area contributed by atoms with Gasteiger partial charge in [-0.05, 0) is 80.3 Å². The molecule has 46 heavy (non-hydrogen) atoms. The Kier molecular flexibility index (Phi) is 11.9. The van der Waals surface area contributed by atoms with Crippen molar-refractivity contribution in [1.29, 1.82) is 0 Å². The summed E-state index contributed by atoms with van der Waals surface area (Å²) >= 11 is 12.7. The zero-order chi connectivity index (χ0) is 33.4. The summed E-state index contributed by atoms with van der Waals surface area (Å²) in [5.41, 5.74) is 3.33. The quantitative estimate of drug-likeness (QED) is 0.160. The van der Waals surface area contributed by atoms with E-state index in [1.54, 1.807) is 49.4 Å². The smallest absolute Gasteiger partial charge is 0.264 e. The summed E-state index contributed by atoms with van der Waals surface area (Å²) in [6.45, 7) is 6.95. The Morgan fingerprint density at radius 1 is 0.826 bits per heavy atom. The van der Waals surface area contributed by atoms with Crippen LogP contribution in [-0.2, 0) is 32.6 Å². The second-order valence-electron chi connectivity index (χ2n) is 11.4. The van der Waals surface area contributed by atoms with E-state index in [1.807, 2.05) is 57.2 Å². The average molecular weight is 681 g/mol. The molecule has 7 nitrogen and oxygen atoms in total. The Hall–Kier alpha value is -3.85. The highest BCUT2D eigenvalue weighted by molar-refractivity contribution is 7.92. The molecular formula is C36H39Cl2N3O4S. The van der Waals surface area contributed by atoms with E-state index in [1.165, 1.54) is 23.1 Å². The van der Waals surface area contributed by atoms with Crippen LogP contribution in [0.3, 0.4) is 0 Å². The van der Waals surface area contributed by atoms with E-state index < -0.39 is 28.5 Å². The lowest BCUT2D eigenvalue weighted by molar-refractivity contribution is -0.140. The number of amides is 2. The molecule has 0 heterocycles. The van der Waals surface area contributed by atoms with Crippen molar-refractivity contribution in [2.45, 2.75) is 64.1 Å². The molecule has 0 spiro atoms. The topological polar surface area (TPSA) is 86.8 Å². The Morgan fingerprint density at radius 2 is 1.48 bits per heavy atom. The van der Waals surface area contributed by atoms with Crippen LogP contribution in [0, 0.1) is 13.8 Å². The fourth-order valence-corrected chi connectivity index (χ4v) is 6.88. The van der Waals surface area contributed by atoms with Crippen molar-refractivity contribution in [3.63, 3.8) is 0 Å². The third-order valence-corrected chi connectivity index (χ3v) is 10.1. The zero-order valence-corrected chi connectivity index (χ0v) is 28.7. The van der Waals surface area contributed by atoms with Crippen molar-refractivity contribution in [3.8, 4) is 0 Å².